The average Bonchev–Trinajstić information content (AvgIpc) is 2.77. The van der Waals surface area contributed by atoms with E-state index in [-0.39, 0.29) is 12.4 Å². The average molecular weight is 439 g/mol. The third-order valence-electron chi connectivity index (χ3n) is 4.35. The van der Waals surface area contributed by atoms with Gasteiger partial charge in [0.15, 0.2) is 18.1 Å². The van der Waals surface area contributed by atoms with E-state index < -0.39 is 5.91 Å². The van der Waals surface area contributed by atoms with E-state index in [0.29, 0.717) is 35.1 Å². The Balaban J connectivity index is 1.58. The third-order valence-corrected chi connectivity index (χ3v) is 4.71. The maximum absolute atomic E-state index is 12.0. The molecule has 0 bridgehead atoms. The summed E-state index contributed by atoms with van der Waals surface area (Å²) in [6, 6.07) is 19.9. The number of phenolic OH excluding ortho intramolecular Hbond substituents is 1. The zero-order valence-corrected chi connectivity index (χ0v) is 17.8. The fraction of sp³-hybridized carbons (Fsp3) is 0.167. The molecule has 0 saturated heterocycles. The van der Waals surface area contributed by atoms with E-state index in [9.17, 15) is 9.90 Å². The number of hydrogen-bond donors (Lipinski definition) is 2. The molecule has 7 heteroatoms. The Hall–Kier alpha value is -3.51. The van der Waals surface area contributed by atoms with Gasteiger partial charge >= 0.3 is 0 Å². The molecule has 1 amide bonds. The van der Waals surface area contributed by atoms with E-state index in [0.717, 1.165) is 11.1 Å². The highest BCUT2D eigenvalue weighted by Gasteiger charge is 2.08. The Bertz CT molecular complexity index is 1070. The van der Waals surface area contributed by atoms with Gasteiger partial charge in [0.2, 0.25) is 0 Å². The van der Waals surface area contributed by atoms with Gasteiger partial charge in [0.05, 0.1) is 12.8 Å². The molecule has 31 heavy (non-hydrogen) atoms. The molecular formula is C24H23ClN2O4. The van der Waals surface area contributed by atoms with Crippen molar-refractivity contribution >= 4 is 23.7 Å². The van der Waals surface area contributed by atoms with Crippen LogP contribution in [0.25, 0.3) is 0 Å². The maximum Gasteiger partial charge on any atom is 0.277 e. The number of ether oxygens (including phenoxy) is 2. The minimum absolute atomic E-state index is 0.0581. The number of phenols is 1. The van der Waals surface area contributed by atoms with Crippen LogP contribution in [0.2, 0.25) is 5.02 Å². The maximum atomic E-state index is 12.0. The molecule has 0 fully saturated rings. The van der Waals surface area contributed by atoms with Crippen LogP contribution in [-0.4, -0.2) is 30.4 Å². The lowest BCUT2D eigenvalue weighted by molar-refractivity contribution is -0.123. The van der Waals surface area contributed by atoms with Crippen molar-refractivity contribution in [3.05, 3.63) is 88.4 Å². The Morgan fingerprint density at radius 1 is 1.06 bits per heavy atom. The van der Waals surface area contributed by atoms with Crippen LogP contribution in [0.15, 0.2) is 71.8 Å². The Labute approximate surface area is 186 Å². The number of nitrogens with one attached hydrogen (secondary N) is 1. The SMILES string of the molecule is CCOc1ccccc1OCC(=O)NN=Cc1cc(Cc2ccccc2Cl)ccc1O. The smallest absolute Gasteiger partial charge is 0.277 e. The van der Waals surface area contributed by atoms with Crippen LogP contribution in [0, 0.1) is 0 Å². The van der Waals surface area contributed by atoms with E-state index >= 15 is 0 Å². The number of aromatic hydroxyl groups is 1. The van der Waals surface area contributed by atoms with Gasteiger partial charge in [0, 0.05) is 10.6 Å². The van der Waals surface area contributed by atoms with Crippen LogP contribution in [0.3, 0.4) is 0 Å². The standard InChI is InChI=1S/C24H23ClN2O4/c1-2-30-22-9-5-6-10-23(22)31-16-24(29)27-26-15-19-14-17(11-12-21(19)28)13-18-7-3-4-8-20(18)25/h3-12,14-15,28H,2,13,16H2,1H3,(H,27,29). The molecule has 3 rings (SSSR count). The first-order valence-electron chi connectivity index (χ1n) is 9.78. The van der Waals surface area contributed by atoms with Crippen molar-refractivity contribution in [3.8, 4) is 17.2 Å². The number of hydrogen-bond acceptors (Lipinski definition) is 5. The highest BCUT2D eigenvalue weighted by atomic mass is 35.5. The monoisotopic (exact) mass is 438 g/mol. The molecule has 0 heterocycles. The summed E-state index contributed by atoms with van der Waals surface area (Å²) in [6.07, 6.45) is 2.00. The quantitative estimate of drug-likeness (QED) is 0.379. The first-order chi connectivity index (χ1) is 15.1. The van der Waals surface area contributed by atoms with Gasteiger partial charge < -0.3 is 14.6 Å². The second-order valence-electron chi connectivity index (χ2n) is 6.62. The van der Waals surface area contributed by atoms with Crippen molar-refractivity contribution in [1.29, 1.82) is 0 Å². The first kappa shape index (κ1) is 22.2. The van der Waals surface area contributed by atoms with Crippen LogP contribution in [0.1, 0.15) is 23.6 Å². The second kappa shape index (κ2) is 11.0. The van der Waals surface area contributed by atoms with E-state index in [4.69, 9.17) is 21.1 Å². The summed E-state index contributed by atoms with van der Waals surface area (Å²) in [5.41, 5.74) is 4.81. The normalized spacial score (nSPS) is 10.8. The number of carbonyl (C=O) groups excluding carboxylic acids is 1. The number of amides is 1. The highest BCUT2D eigenvalue weighted by molar-refractivity contribution is 6.31. The van der Waals surface area contributed by atoms with Gasteiger partial charge in [-0.2, -0.15) is 5.10 Å². The molecule has 0 aliphatic heterocycles. The summed E-state index contributed by atoms with van der Waals surface area (Å²) in [5, 5.41) is 14.7. The molecule has 0 saturated carbocycles. The molecule has 0 aliphatic rings. The lowest BCUT2D eigenvalue weighted by atomic mass is 10.0. The molecule has 3 aromatic rings. The molecule has 0 unspecified atom stereocenters. The van der Waals surface area contributed by atoms with Gasteiger partial charge in [-0.1, -0.05) is 48.0 Å². The largest absolute Gasteiger partial charge is 0.507 e. The van der Waals surface area contributed by atoms with Crippen LogP contribution >= 0.6 is 11.6 Å². The van der Waals surface area contributed by atoms with Gasteiger partial charge in [0.1, 0.15) is 5.75 Å². The molecule has 0 aromatic heterocycles. The van der Waals surface area contributed by atoms with Gasteiger partial charge in [-0.25, -0.2) is 5.43 Å². The summed E-state index contributed by atoms with van der Waals surface area (Å²) < 4.78 is 11.0. The summed E-state index contributed by atoms with van der Waals surface area (Å²) in [4.78, 5) is 12.0. The van der Waals surface area contributed by atoms with Gasteiger partial charge in [-0.15, -0.1) is 0 Å². The molecule has 0 aliphatic carbocycles. The number of para-hydroxylation sites is 2. The van der Waals surface area contributed by atoms with Crippen molar-refractivity contribution in [2.75, 3.05) is 13.2 Å². The topological polar surface area (TPSA) is 80.2 Å². The summed E-state index contributed by atoms with van der Waals surface area (Å²) in [6.45, 7) is 2.15. The second-order valence-corrected chi connectivity index (χ2v) is 7.03. The minimum atomic E-state index is -0.436. The summed E-state index contributed by atoms with van der Waals surface area (Å²) >= 11 is 6.22. The molecule has 0 atom stereocenters. The molecule has 6 nitrogen and oxygen atoms in total. The lowest BCUT2D eigenvalue weighted by Crippen LogP contribution is -2.24. The number of hydrazone groups is 1. The van der Waals surface area contributed by atoms with E-state index in [2.05, 4.69) is 10.5 Å². The van der Waals surface area contributed by atoms with Crippen LogP contribution in [-0.2, 0) is 11.2 Å². The van der Waals surface area contributed by atoms with Gasteiger partial charge in [-0.05, 0) is 54.8 Å². The lowest BCUT2D eigenvalue weighted by Gasteiger charge is -2.10. The van der Waals surface area contributed by atoms with Gasteiger partial charge in [-0.3, -0.25) is 4.79 Å². The first-order valence-corrected chi connectivity index (χ1v) is 10.2. The molecule has 160 valence electrons. The minimum Gasteiger partial charge on any atom is -0.507 e. The number of rotatable bonds is 9. The zero-order valence-electron chi connectivity index (χ0n) is 17.0. The van der Waals surface area contributed by atoms with Crippen LogP contribution < -0.4 is 14.9 Å². The molecule has 2 N–H and O–H groups in total. The fourth-order valence-electron chi connectivity index (χ4n) is 2.87. The Kier molecular flexibility index (Phi) is 7.90. The number of carbonyl (C=O) groups is 1. The van der Waals surface area contributed by atoms with Crippen LogP contribution in [0.4, 0.5) is 0 Å². The molecular weight excluding hydrogens is 416 g/mol. The number of benzene rings is 3. The van der Waals surface area contributed by atoms with E-state index in [1.54, 1.807) is 30.3 Å². The van der Waals surface area contributed by atoms with Crippen LogP contribution in [0.5, 0.6) is 17.2 Å². The molecule has 3 aromatic carbocycles. The number of nitrogens with zero attached hydrogens (tertiary/aromatic N) is 1. The molecule has 0 spiro atoms. The number of halogens is 1. The van der Waals surface area contributed by atoms with Crippen molar-refractivity contribution in [1.82, 2.24) is 5.43 Å². The predicted molar refractivity (Wildman–Crippen MR) is 121 cm³/mol. The van der Waals surface area contributed by atoms with Gasteiger partial charge in [0.25, 0.3) is 5.91 Å². The zero-order chi connectivity index (χ0) is 22.1. The highest BCUT2D eigenvalue weighted by Crippen LogP contribution is 2.26. The molecule has 0 radical (unpaired) electrons. The van der Waals surface area contributed by atoms with E-state index in [1.807, 2.05) is 43.3 Å². The van der Waals surface area contributed by atoms with Crippen molar-refractivity contribution in [2.24, 2.45) is 5.10 Å². The fourth-order valence-corrected chi connectivity index (χ4v) is 3.08. The predicted octanol–water partition coefficient (Wildman–Crippen LogP) is 4.56. The Morgan fingerprint density at radius 2 is 1.77 bits per heavy atom. The van der Waals surface area contributed by atoms with Crippen molar-refractivity contribution < 1.29 is 19.4 Å². The van der Waals surface area contributed by atoms with Crippen molar-refractivity contribution in [3.63, 3.8) is 0 Å². The summed E-state index contributed by atoms with van der Waals surface area (Å²) in [7, 11) is 0. The van der Waals surface area contributed by atoms with Crippen molar-refractivity contribution in [2.45, 2.75) is 13.3 Å². The van der Waals surface area contributed by atoms with E-state index in [1.165, 1.54) is 6.21 Å². The summed E-state index contributed by atoms with van der Waals surface area (Å²) in [5.74, 6) is 0.673. The third kappa shape index (κ3) is 6.49. The Morgan fingerprint density at radius 3 is 2.52 bits per heavy atom.